The molecule has 14 heavy (non-hydrogen) atoms. The Balaban J connectivity index is 2.68. The molecule has 0 aliphatic rings. The molecule has 5 heteroatoms. The lowest BCUT2D eigenvalue weighted by atomic mass is 10.2. The van der Waals surface area contributed by atoms with E-state index in [0.717, 1.165) is 21.8 Å². The summed E-state index contributed by atoms with van der Waals surface area (Å²) in [6.45, 7) is 3.72. The van der Waals surface area contributed by atoms with Crippen LogP contribution in [-0.2, 0) is 0 Å². The van der Waals surface area contributed by atoms with Gasteiger partial charge in [-0.15, -0.1) is 11.3 Å². The summed E-state index contributed by atoms with van der Waals surface area (Å²) in [5.41, 5.74) is 5.69. The van der Waals surface area contributed by atoms with E-state index in [4.69, 9.17) is 17.3 Å². The standard InChI is InChI=1S/C9H14BrClN2S/c1-2-3-13-7(5-12)8-4-6(10)9(11)14-8/h4,7,13H,2-3,5,12H2,1H3. The molecule has 2 nitrogen and oxygen atoms in total. The van der Waals surface area contributed by atoms with Gasteiger partial charge in [-0.05, 0) is 35.0 Å². The lowest BCUT2D eigenvalue weighted by molar-refractivity contribution is 0.547. The minimum Gasteiger partial charge on any atom is -0.329 e. The summed E-state index contributed by atoms with van der Waals surface area (Å²) in [7, 11) is 0. The highest BCUT2D eigenvalue weighted by Crippen LogP contribution is 2.34. The second-order valence-corrected chi connectivity index (χ2v) is 5.55. The van der Waals surface area contributed by atoms with Crippen molar-refractivity contribution in [3.63, 3.8) is 0 Å². The van der Waals surface area contributed by atoms with E-state index in [2.05, 4.69) is 28.2 Å². The molecule has 0 aliphatic carbocycles. The van der Waals surface area contributed by atoms with Crippen LogP contribution in [0.2, 0.25) is 4.34 Å². The Morgan fingerprint density at radius 2 is 2.43 bits per heavy atom. The average Bonchev–Trinajstić information content (AvgIpc) is 2.48. The molecule has 1 heterocycles. The average molecular weight is 298 g/mol. The molecule has 80 valence electrons. The largest absolute Gasteiger partial charge is 0.329 e. The van der Waals surface area contributed by atoms with E-state index in [1.54, 1.807) is 11.3 Å². The van der Waals surface area contributed by atoms with Gasteiger partial charge in [-0.25, -0.2) is 0 Å². The molecule has 0 saturated heterocycles. The van der Waals surface area contributed by atoms with Gasteiger partial charge in [0.2, 0.25) is 0 Å². The van der Waals surface area contributed by atoms with E-state index >= 15 is 0 Å². The first-order valence-electron chi connectivity index (χ1n) is 4.57. The molecular formula is C9H14BrClN2S. The van der Waals surface area contributed by atoms with Crippen molar-refractivity contribution >= 4 is 38.9 Å². The van der Waals surface area contributed by atoms with Crippen LogP contribution in [0, 0.1) is 0 Å². The Labute approximate surface area is 102 Å². The van der Waals surface area contributed by atoms with Gasteiger partial charge in [0, 0.05) is 15.9 Å². The first-order valence-corrected chi connectivity index (χ1v) is 6.56. The third-order valence-electron chi connectivity index (χ3n) is 1.88. The Morgan fingerprint density at radius 1 is 1.71 bits per heavy atom. The summed E-state index contributed by atoms with van der Waals surface area (Å²) in [6.07, 6.45) is 1.11. The van der Waals surface area contributed by atoms with Crippen LogP contribution >= 0.6 is 38.9 Å². The van der Waals surface area contributed by atoms with Crippen LogP contribution in [0.25, 0.3) is 0 Å². The molecule has 0 saturated carbocycles. The number of nitrogens with two attached hydrogens (primary N) is 1. The summed E-state index contributed by atoms with van der Waals surface area (Å²) >= 11 is 10.9. The monoisotopic (exact) mass is 296 g/mol. The van der Waals surface area contributed by atoms with Crippen molar-refractivity contribution in [1.82, 2.24) is 5.32 Å². The van der Waals surface area contributed by atoms with Gasteiger partial charge < -0.3 is 11.1 Å². The fourth-order valence-electron chi connectivity index (χ4n) is 1.15. The maximum atomic E-state index is 5.97. The number of hydrogen-bond donors (Lipinski definition) is 2. The van der Waals surface area contributed by atoms with Crippen molar-refractivity contribution in [3.8, 4) is 0 Å². The molecule has 0 amide bonds. The van der Waals surface area contributed by atoms with E-state index in [-0.39, 0.29) is 6.04 Å². The van der Waals surface area contributed by atoms with E-state index in [0.29, 0.717) is 6.54 Å². The topological polar surface area (TPSA) is 38.0 Å². The second-order valence-electron chi connectivity index (χ2n) is 3.01. The lowest BCUT2D eigenvalue weighted by Gasteiger charge is -2.13. The maximum absolute atomic E-state index is 5.97. The van der Waals surface area contributed by atoms with Gasteiger partial charge in [-0.2, -0.15) is 0 Å². The van der Waals surface area contributed by atoms with Crippen molar-refractivity contribution in [2.45, 2.75) is 19.4 Å². The number of hydrogen-bond acceptors (Lipinski definition) is 3. The second kappa shape index (κ2) is 6.08. The first-order chi connectivity index (χ1) is 6.69. The predicted octanol–water partition coefficient (Wildman–Crippen LogP) is 3.16. The van der Waals surface area contributed by atoms with Crippen molar-refractivity contribution in [3.05, 3.63) is 19.8 Å². The minimum absolute atomic E-state index is 0.226. The van der Waals surface area contributed by atoms with Crippen LogP contribution in [0.4, 0.5) is 0 Å². The number of rotatable bonds is 5. The summed E-state index contributed by atoms with van der Waals surface area (Å²) < 4.78 is 1.74. The third kappa shape index (κ3) is 3.21. The third-order valence-corrected chi connectivity index (χ3v) is 4.47. The van der Waals surface area contributed by atoms with E-state index in [1.807, 2.05) is 6.07 Å². The molecule has 0 aromatic carbocycles. The van der Waals surface area contributed by atoms with Crippen LogP contribution in [0.1, 0.15) is 24.3 Å². The van der Waals surface area contributed by atoms with Gasteiger partial charge in [0.1, 0.15) is 4.34 Å². The quantitative estimate of drug-likeness (QED) is 0.876. The zero-order chi connectivity index (χ0) is 10.6. The molecule has 0 radical (unpaired) electrons. The highest BCUT2D eigenvalue weighted by atomic mass is 79.9. The van der Waals surface area contributed by atoms with Gasteiger partial charge in [0.25, 0.3) is 0 Å². The van der Waals surface area contributed by atoms with Crippen LogP contribution in [0.15, 0.2) is 10.5 Å². The Bertz CT molecular complexity index is 271. The molecule has 0 fully saturated rings. The number of nitrogens with one attached hydrogen (secondary N) is 1. The van der Waals surface area contributed by atoms with Crippen LogP contribution in [0.5, 0.6) is 0 Å². The fourth-order valence-corrected chi connectivity index (χ4v) is 2.98. The molecule has 0 bridgehead atoms. The number of halogens is 2. The van der Waals surface area contributed by atoms with Crippen LogP contribution in [0.3, 0.4) is 0 Å². The first kappa shape index (κ1) is 12.5. The van der Waals surface area contributed by atoms with E-state index in [9.17, 15) is 0 Å². The SMILES string of the molecule is CCCNC(CN)c1cc(Br)c(Cl)s1. The fraction of sp³-hybridized carbons (Fsp3) is 0.556. The smallest absolute Gasteiger partial charge is 0.107 e. The van der Waals surface area contributed by atoms with Gasteiger partial charge in [0.05, 0.1) is 6.04 Å². The van der Waals surface area contributed by atoms with Crippen LogP contribution in [-0.4, -0.2) is 13.1 Å². The minimum atomic E-state index is 0.226. The van der Waals surface area contributed by atoms with Crippen LogP contribution < -0.4 is 11.1 Å². The molecule has 0 aliphatic heterocycles. The molecule has 1 rings (SSSR count). The van der Waals surface area contributed by atoms with Crippen molar-refractivity contribution in [2.75, 3.05) is 13.1 Å². The zero-order valence-corrected chi connectivity index (χ0v) is 11.2. The molecular weight excluding hydrogens is 284 g/mol. The lowest BCUT2D eigenvalue weighted by Crippen LogP contribution is -2.27. The van der Waals surface area contributed by atoms with Crippen molar-refractivity contribution in [2.24, 2.45) is 5.73 Å². The molecule has 1 unspecified atom stereocenters. The Hall–Kier alpha value is 0.390. The predicted molar refractivity (Wildman–Crippen MR) is 67.1 cm³/mol. The molecule has 1 aromatic heterocycles. The highest BCUT2D eigenvalue weighted by molar-refractivity contribution is 9.10. The Kier molecular flexibility index (Phi) is 5.41. The highest BCUT2D eigenvalue weighted by Gasteiger charge is 2.13. The maximum Gasteiger partial charge on any atom is 0.107 e. The van der Waals surface area contributed by atoms with Gasteiger partial charge >= 0.3 is 0 Å². The van der Waals surface area contributed by atoms with E-state index < -0.39 is 0 Å². The van der Waals surface area contributed by atoms with Gasteiger partial charge in [-0.1, -0.05) is 18.5 Å². The molecule has 1 aromatic rings. The van der Waals surface area contributed by atoms with E-state index in [1.165, 1.54) is 4.88 Å². The van der Waals surface area contributed by atoms with Crippen molar-refractivity contribution < 1.29 is 0 Å². The van der Waals surface area contributed by atoms with Gasteiger partial charge in [0.15, 0.2) is 0 Å². The van der Waals surface area contributed by atoms with Crippen molar-refractivity contribution in [1.29, 1.82) is 0 Å². The summed E-state index contributed by atoms with van der Waals surface area (Å²) in [5, 5.41) is 3.38. The normalized spacial score (nSPS) is 13.1. The summed E-state index contributed by atoms with van der Waals surface area (Å²) in [4.78, 5) is 1.19. The Morgan fingerprint density at radius 3 is 2.86 bits per heavy atom. The summed E-state index contributed by atoms with van der Waals surface area (Å²) in [5.74, 6) is 0. The number of thiophene rings is 1. The van der Waals surface area contributed by atoms with Gasteiger partial charge in [-0.3, -0.25) is 0 Å². The molecule has 1 atom stereocenters. The molecule has 3 N–H and O–H groups in total. The molecule has 0 spiro atoms. The zero-order valence-electron chi connectivity index (χ0n) is 8.02. The summed E-state index contributed by atoms with van der Waals surface area (Å²) in [6, 6.07) is 2.26.